The van der Waals surface area contributed by atoms with E-state index in [1.165, 1.54) is 13.2 Å². The van der Waals surface area contributed by atoms with E-state index < -0.39 is 34.2 Å². The minimum Gasteiger partial charge on any atom is -0.494 e. The van der Waals surface area contributed by atoms with Crippen LogP contribution in [0.15, 0.2) is 30.3 Å². The van der Waals surface area contributed by atoms with E-state index in [4.69, 9.17) is 16.3 Å². The van der Waals surface area contributed by atoms with Crippen LogP contribution in [0.2, 0.25) is 5.02 Å². The number of hydrogen-bond acceptors (Lipinski definition) is 5. The third-order valence-corrected chi connectivity index (χ3v) is 11.8. The van der Waals surface area contributed by atoms with Gasteiger partial charge in [0, 0.05) is 59.1 Å². The quantitative estimate of drug-likeness (QED) is 0.324. The molecule has 3 atom stereocenters. The highest BCUT2D eigenvalue weighted by molar-refractivity contribution is 6.30. The first-order valence-corrected chi connectivity index (χ1v) is 14.6. The molecule has 1 aromatic heterocycles. The van der Waals surface area contributed by atoms with Crippen molar-refractivity contribution in [3.63, 3.8) is 0 Å². The Labute approximate surface area is 243 Å². The number of alkyl halides is 3. The summed E-state index contributed by atoms with van der Waals surface area (Å²) in [5.41, 5.74) is -0.324. The second-order valence-corrected chi connectivity index (χ2v) is 14.0. The summed E-state index contributed by atoms with van der Waals surface area (Å²) in [5.74, 6) is 0.416. The Morgan fingerprint density at radius 3 is 2.43 bits per heavy atom. The monoisotopic (exact) mass is 603 g/mol. The number of hydrogen-bond donors (Lipinski definition) is 0. The minimum atomic E-state index is -4.15. The molecule has 2 aliphatic heterocycles. The molecular formula is C30H27ClF5N5O. The highest BCUT2D eigenvalue weighted by atomic mass is 35.5. The van der Waals surface area contributed by atoms with Crippen LogP contribution >= 0.6 is 11.6 Å². The molecule has 3 unspecified atom stereocenters. The molecule has 5 fully saturated rings. The number of ether oxygens (including phenoxy) is 1. The first kappa shape index (κ1) is 25.6. The Morgan fingerprint density at radius 1 is 0.952 bits per heavy atom. The van der Waals surface area contributed by atoms with Crippen LogP contribution in [0.5, 0.6) is 5.75 Å². The fourth-order valence-corrected chi connectivity index (χ4v) is 9.69. The van der Waals surface area contributed by atoms with Crippen LogP contribution in [0.4, 0.5) is 27.6 Å². The lowest BCUT2D eigenvalue weighted by Crippen LogP contribution is -2.62. The van der Waals surface area contributed by atoms with E-state index in [9.17, 15) is 22.0 Å². The van der Waals surface area contributed by atoms with Crippen molar-refractivity contribution in [2.24, 2.45) is 16.2 Å². The fourth-order valence-electron chi connectivity index (χ4n) is 9.49. The number of aromatic nitrogens is 3. The normalized spacial score (nSPS) is 32.0. The highest BCUT2D eigenvalue weighted by Gasteiger charge is 3.03. The van der Waals surface area contributed by atoms with Crippen LogP contribution in [0.3, 0.4) is 0 Å². The molecule has 12 heteroatoms. The van der Waals surface area contributed by atoms with Gasteiger partial charge < -0.3 is 9.64 Å². The van der Waals surface area contributed by atoms with E-state index in [1.807, 2.05) is 23.1 Å². The van der Waals surface area contributed by atoms with Crippen molar-refractivity contribution in [1.82, 2.24) is 19.7 Å². The molecule has 3 aromatic rings. The predicted molar refractivity (Wildman–Crippen MR) is 143 cm³/mol. The van der Waals surface area contributed by atoms with E-state index in [-0.39, 0.29) is 29.9 Å². The van der Waals surface area contributed by atoms with Gasteiger partial charge in [-0.1, -0.05) is 11.6 Å². The maximum atomic E-state index is 14.5. The van der Waals surface area contributed by atoms with Crippen molar-refractivity contribution < 1.29 is 26.7 Å². The van der Waals surface area contributed by atoms with Crippen molar-refractivity contribution in [3.8, 4) is 11.4 Å². The SMILES string of the molecule is COc1cc(N2CC3(CC(c4nnc5n4-c4ccc(Cl)cc4CN(C46CC7(C(F)(F)F)CC47C6)C5)C3)C2)c(F)cc1F. The summed E-state index contributed by atoms with van der Waals surface area (Å²) < 4.78 is 77.2. The molecule has 0 amide bonds. The van der Waals surface area contributed by atoms with E-state index in [0.717, 1.165) is 41.8 Å². The van der Waals surface area contributed by atoms with Gasteiger partial charge in [0.25, 0.3) is 0 Å². The zero-order valence-electron chi connectivity index (χ0n) is 22.7. The van der Waals surface area contributed by atoms with Crippen LogP contribution in [0, 0.1) is 27.9 Å². The molecule has 2 aromatic carbocycles. The standard InChI is InChI=1S/C30H27ClF5N5O/c1-42-23-6-22(19(32)5-20(23)33)39-14-26(15-39)7-17(8-26)25-38-37-24-10-40(9-16-4-18(31)2-3-21(16)41(24)25)29-12-27(29)11-28(27,13-29)30(34,35)36/h2-6,17H,7-15H2,1H3. The molecule has 0 radical (unpaired) electrons. The molecule has 4 aliphatic carbocycles. The van der Waals surface area contributed by atoms with Gasteiger partial charge in [0.1, 0.15) is 11.6 Å². The molecule has 9 rings (SSSR count). The molecule has 2 spiro atoms. The molecule has 42 heavy (non-hydrogen) atoms. The van der Waals surface area contributed by atoms with E-state index >= 15 is 0 Å². The first-order chi connectivity index (χ1) is 19.9. The second kappa shape index (κ2) is 7.59. The van der Waals surface area contributed by atoms with Gasteiger partial charge in [0.15, 0.2) is 17.4 Å². The molecule has 220 valence electrons. The lowest BCUT2D eigenvalue weighted by molar-refractivity contribution is -0.220. The van der Waals surface area contributed by atoms with Crippen molar-refractivity contribution in [2.45, 2.75) is 62.8 Å². The summed E-state index contributed by atoms with van der Waals surface area (Å²) in [6.45, 7) is 2.26. The van der Waals surface area contributed by atoms with Gasteiger partial charge in [-0.05, 0) is 55.9 Å². The van der Waals surface area contributed by atoms with Gasteiger partial charge in [0.05, 0.1) is 30.4 Å². The van der Waals surface area contributed by atoms with Gasteiger partial charge >= 0.3 is 6.18 Å². The lowest BCUT2D eigenvalue weighted by Gasteiger charge is -2.59. The average Bonchev–Trinajstić information content (AvgIpc) is 3.57. The van der Waals surface area contributed by atoms with Crippen LogP contribution < -0.4 is 9.64 Å². The predicted octanol–water partition coefficient (Wildman–Crippen LogP) is 6.39. The van der Waals surface area contributed by atoms with Crippen LogP contribution in [-0.2, 0) is 13.1 Å². The number of rotatable bonds is 4. The number of anilines is 1. The zero-order valence-corrected chi connectivity index (χ0v) is 23.5. The average molecular weight is 604 g/mol. The van der Waals surface area contributed by atoms with Crippen LogP contribution in [0.1, 0.15) is 55.2 Å². The van der Waals surface area contributed by atoms with E-state index in [0.29, 0.717) is 43.3 Å². The van der Waals surface area contributed by atoms with Gasteiger partial charge in [-0.15, -0.1) is 10.2 Å². The molecule has 3 heterocycles. The van der Waals surface area contributed by atoms with Gasteiger partial charge in [-0.25, -0.2) is 8.78 Å². The summed E-state index contributed by atoms with van der Waals surface area (Å²) in [7, 11) is 1.36. The van der Waals surface area contributed by atoms with Crippen molar-refractivity contribution in [1.29, 1.82) is 0 Å². The molecule has 0 N–H and O–H groups in total. The maximum absolute atomic E-state index is 14.5. The Balaban J connectivity index is 0.976. The number of benzene rings is 2. The summed E-state index contributed by atoms with van der Waals surface area (Å²) in [6, 6.07) is 7.97. The van der Waals surface area contributed by atoms with Gasteiger partial charge in [-0.2, -0.15) is 13.2 Å². The molecule has 4 saturated carbocycles. The molecule has 1 saturated heterocycles. The third-order valence-electron chi connectivity index (χ3n) is 11.6. The third kappa shape index (κ3) is 2.94. The summed E-state index contributed by atoms with van der Waals surface area (Å²) in [6.07, 6.45) is -1.47. The Hall–Kier alpha value is -2.92. The van der Waals surface area contributed by atoms with Gasteiger partial charge in [-0.3, -0.25) is 9.47 Å². The Bertz CT molecular complexity index is 1700. The van der Waals surface area contributed by atoms with Crippen molar-refractivity contribution >= 4 is 17.3 Å². The maximum Gasteiger partial charge on any atom is 0.395 e. The van der Waals surface area contributed by atoms with Crippen molar-refractivity contribution in [2.75, 3.05) is 25.1 Å². The molecule has 0 bridgehead atoms. The fraction of sp³-hybridized carbons (Fsp3) is 0.533. The highest BCUT2D eigenvalue weighted by Crippen LogP contribution is 3.00. The minimum absolute atomic E-state index is 0.0159. The summed E-state index contributed by atoms with van der Waals surface area (Å²) in [5, 5.41) is 9.79. The number of nitrogens with zero attached hydrogens (tertiary/aromatic N) is 5. The lowest BCUT2D eigenvalue weighted by atomic mass is 9.57. The number of methoxy groups -OCH3 is 1. The van der Waals surface area contributed by atoms with E-state index in [2.05, 4.69) is 19.7 Å². The molecular weight excluding hydrogens is 577 g/mol. The second-order valence-electron chi connectivity index (χ2n) is 13.6. The van der Waals surface area contributed by atoms with Crippen molar-refractivity contribution in [3.05, 3.63) is 64.2 Å². The summed E-state index contributed by atoms with van der Waals surface area (Å²) >= 11 is 6.41. The van der Waals surface area contributed by atoms with Crippen LogP contribution in [-0.4, -0.2) is 51.6 Å². The topological polar surface area (TPSA) is 46.4 Å². The number of fused-ring (bicyclic) bond motifs is 3. The number of halogens is 6. The molecule has 6 nitrogen and oxygen atoms in total. The smallest absolute Gasteiger partial charge is 0.395 e. The van der Waals surface area contributed by atoms with E-state index in [1.54, 1.807) is 0 Å². The Kier molecular flexibility index (Phi) is 4.62. The zero-order chi connectivity index (χ0) is 29.0. The Morgan fingerprint density at radius 2 is 1.74 bits per heavy atom. The first-order valence-electron chi connectivity index (χ1n) is 14.3. The van der Waals surface area contributed by atoms with Gasteiger partial charge in [0.2, 0.25) is 0 Å². The largest absolute Gasteiger partial charge is 0.494 e. The summed E-state index contributed by atoms with van der Waals surface area (Å²) in [4.78, 5) is 4.11. The molecule has 6 aliphatic rings. The van der Waals surface area contributed by atoms with Crippen LogP contribution in [0.25, 0.3) is 5.69 Å².